The Morgan fingerprint density at radius 1 is 1.33 bits per heavy atom. The Labute approximate surface area is 111 Å². The lowest BCUT2D eigenvalue weighted by Crippen LogP contribution is -2.26. The largest absolute Gasteiger partial charge is 0.334 e. The Hall–Kier alpha value is -1.43. The van der Waals surface area contributed by atoms with Gasteiger partial charge in [0.2, 0.25) is 0 Å². The van der Waals surface area contributed by atoms with E-state index in [0.29, 0.717) is 23.3 Å². The Bertz CT molecular complexity index is 509. The molecule has 0 aliphatic rings. The van der Waals surface area contributed by atoms with Gasteiger partial charge in [0.25, 0.3) is 5.89 Å². The first-order valence-corrected chi connectivity index (χ1v) is 5.94. The molecule has 18 heavy (non-hydrogen) atoms. The molecule has 0 spiro atoms. The SMILES string of the molecule is CN(C)CC(N)c1noc(-c2ccc(Cl)cc2)n1. The summed E-state index contributed by atoms with van der Waals surface area (Å²) in [6.45, 7) is 0.666. The monoisotopic (exact) mass is 266 g/mol. The molecule has 0 saturated heterocycles. The normalized spacial score (nSPS) is 12.9. The zero-order valence-corrected chi connectivity index (χ0v) is 11.1. The minimum absolute atomic E-state index is 0.259. The van der Waals surface area contributed by atoms with Crippen LogP contribution in [0.25, 0.3) is 11.5 Å². The van der Waals surface area contributed by atoms with Crippen LogP contribution < -0.4 is 5.73 Å². The molecule has 1 aromatic heterocycles. The molecule has 0 aliphatic heterocycles. The van der Waals surface area contributed by atoms with Crippen LogP contribution in [0.1, 0.15) is 11.9 Å². The molecule has 0 fully saturated rings. The Kier molecular flexibility index (Phi) is 3.96. The quantitative estimate of drug-likeness (QED) is 0.916. The van der Waals surface area contributed by atoms with Gasteiger partial charge in [0.15, 0.2) is 5.82 Å². The molecule has 0 radical (unpaired) electrons. The summed E-state index contributed by atoms with van der Waals surface area (Å²) < 4.78 is 5.19. The predicted octanol–water partition coefficient (Wildman–Crippen LogP) is 1.95. The van der Waals surface area contributed by atoms with Crippen LogP contribution in [-0.4, -0.2) is 35.7 Å². The summed E-state index contributed by atoms with van der Waals surface area (Å²) in [5, 5.41) is 4.57. The molecule has 1 atom stereocenters. The molecule has 0 amide bonds. The predicted molar refractivity (Wildman–Crippen MR) is 70.2 cm³/mol. The zero-order chi connectivity index (χ0) is 13.1. The van der Waals surface area contributed by atoms with Crippen molar-refractivity contribution in [3.05, 3.63) is 35.1 Å². The molecule has 6 heteroatoms. The molecule has 2 rings (SSSR count). The van der Waals surface area contributed by atoms with E-state index in [1.165, 1.54) is 0 Å². The third-order valence-electron chi connectivity index (χ3n) is 2.43. The Morgan fingerprint density at radius 3 is 2.61 bits per heavy atom. The van der Waals surface area contributed by atoms with Gasteiger partial charge in [0, 0.05) is 17.1 Å². The smallest absolute Gasteiger partial charge is 0.257 e. The van der Waals surface area contributed by atoms with Crippen LogP contribution in [0.3, 0.4) is 0 Å². The summed E-state index contributed by atoms with van der Waals surface area (Å²) in [4.78, 5) is 6.27. The van der Waals surface area contributed by atoms with Crippen LogP contribution in [0, 0.1) is 0 Å². The first-order valence-electron chi connectivity index (χ1n) is 5.56. The van der Waals surface area contributed by atoms with Gasteiger partial charge in [-0.2, -0.15) is 4.98 Å². The highest BCUT2D eigenvalue weighted by Gasteiger charge is 2.15. The van der Waals surface area contributed by atoms with Gasteiger partial charge in [-0.25, -0.2) is 0 Å². The van der Waals surface area contributed by atoms with Crippen LogP contribution in [-0.2, 0) is 0 Å². The van der Waals surface area contributed by atoms with Crippen LogP contribution in [0.4, 0.5) is 0 Å². The maximum atomic E-state index is 5.96. The van der Waals surface area contributed by atoms with Gasteiger partial charge in [-0.1, -0.05) is 16.8 Å². The highest BCUT2D eigenvalue weighted by Crippen LogP contribution is 2.20. The standard InChI is InChI=1S/C12H15ClN4O/c1-17(2)7-10(14)11-15-12(18-16-11)8-3-5-9(13)6-4-8/h3-6,10H,7,14H2,1-2H3. The number of likely N-dealkylation sites (N-methyl/N-ethyl adjacent to an activating group) is 1. The van der Waals surface area contributed by atoms with E-state index in [1.807, 2.05) is 31.1 Å². The molecular weight excluding hydrogens is 252 g/mol. The molecule has 2 N–H and O–H groups in total. The molecule has 1 heterocycles. The fourth-order valence-electron chi connectivity index (χ4n) is 1.57. The first-order chi connectivity index (χ1) is 8.56. The molecule has 5 nitrogen and oxygen atoms in total. The average molecular weight is 267 g/mol. The fraction of sp³-hybridized carbons (Fsp3) is 0.333. The number of rotatable bonds is 4. The van der Waals surface area contributed by atoms with Gasteiger partial charge in [-0.05, 0) is 38.4 Å². The second kappa shape index (κ2) is 5.48. The van der Waals surface area contributed by atoms with Crippen LogP contribution in [0.5, 0.6) is 0 Å². The fourth-order valence-corrected chi connectivity index (χ4v) is 1.70. The topological polar surface area (TPSA) is 68.2 Å². The molecule has 2 aromatic rings. The van der Waals surface area contributed by atoms with Crippen molar-refractivity contribution in [1.82, 2.24) is 15.0 Å². The lowest BCUT2D eigenvalue weighted by atomic mass is 10.2. The van der Waals surface area contributed by atoms with E-state index in [9.17, 15) is 0 Å². The first kappa shape index (κ1) is 13.0. The maximum Gasteiger partial charge on any atom is 0.257 e. The highest BCUT2D eigenvalue weighted by atomic mass is 35.5. The van der Waals surface area contributed by atoms with Gasteiger partial charge in [0.05, 0.1) is 6.04 Å². The zero-order valence-electron chi connectivity index (χ0n) is 10.3. The van der Waals surface area contributed by atoms with Crippen LogP contribution in [0.2, 0.25) is 5.02 Å². The molecular formula is C12H15ClN4O. The molecule has 1 aromatic carbocycles. The average Bonchev–Trinajstić information content (AvgIpc) is 2.78. The van der Waals surface area contributed by atoms with Gasteiger partial charge < -0.3 is 15.2 Å². The lowest BCUT2D eigenvalue weighted by molar-refractivity contribution is 0.357. The van der Waals surface area contributed by atoms with Crippen molar-refractivity contribution in [2.75, 3.05) is 20.6 Å². The summed E-state index contributed by atoms with van der Waals surface area (Å²) in [5.74, 6) is 0.963. The number of hydrogen-bond acceptors (Lipinski definition) is 5. The minimum Gasteiger partial charge on any atom is -0.334 e. The van der Waals surface area contributed by atoms with E-state index in [-0.39, 0.29) is 6.04 Å². The van der Waals surface area contributed by atoms with E-state index >= 15 is 0 Å². The van der Waals surface area contributed by atoms with Crippen molar-refractivity contribution in [1.29, 1.82) is 0 Å². The third kappa shape index (κ3) is 3.07. The van der Waals surface area contributed by atoms with Gasteiger partial charge in [-0.3, -0.25) is 0 Å². The van der Waals surface area contributed by atoms with Crippen molar-refractivity contribution in [3.63, 3.8) is 0 Å². The van der Waals surface area contributed by atoms with Crippen molar-refractivity contribution < 1.29 is 4.52 Å². The van der Waals surface area contributed by atoms with Crippen molar-refractivity contribution >= 4 is 11.6 Å². The number of aromatic nitrogens is 2. The third-order valence-corrected chi connectivity index (χ3v) is 2.68. The minimum atomic E-state index is -0.259. The Morgan fingerprint density at radius 2 is 2.00 bits per heavy atom. The van der Waals surface area contributed by atoms with Crippen molar-refractivity contribution in [3.8, 4) is 11.5 Å². The van der Waals surface area contributed by atoms with Crippen LogP contribution >= 0.6 is 11.6 Å². The van der Waals surface area contributed by atoms with Gasteiger partial charge >= 0.3 is 0 Å². The summed E-state index contributed by atoms with van der Waals surface area (Å²) in [7, 11) is 3.89. The summed E-state index contributed by atoms with van der Waals surface area (Å²) in [6.07, 6.45) is 0. The molecule has 0 aliphatic carbocycles. The number of halogens is 1. The van der Waals surface area contributed by atoms with E-state index in [1.54, 1.807) is 12.1 Å². The molecule has 0 bridgehead atoms. The van der Waals surface area contributed by atoms with E-state index in [4.69, 9.17) is 21.9 Å². The number of nitrogens with zero attached hydrogens (tertiary/aromatic N) is 3. The highest BCUT2D eigenvalue weighted by molar-refractivity contribution is 6.30. The lowest BCUT2D eigenvalue weighted by Gasteiger charge is -2.12. The van der Waals surface area contributed by atoms with Gasteiger partial charge in [-0.15, -0.1) is 0 Å². The van der Waals surface area contributed by atoms with Crippen molar-refractivity contribution in [2.45, 2.75) is 6.04 Å². The van der Waals surface area contributed by atoms with E-state index < -0.39 is 0 Å². The molecule has 96 valence electrons. The summed E-state index contributed by atoms with van der Waals surface area (Å²) >= 11 is 5.82. The number of nitrogens with two attached hydrogens (primary N) is 1. The Balaban J connectivity index is 2.17. The van der Waals surface area contributed by atoms with Gasteiger partial charge in [0.1, 0.15) is 0 Å². The van der Waals surface area contributed by atoms with E-state index in [2.05, 4.69) is 10.1 Å². The molecule has 1 unspecified atom stereocenters. The van der Waals surface area contributed by atoms with Crippen LogP contribution in [0.15, 0.2) is 28.8 Å². The number of hydrogen-bond donors (Lipinski definition) is 1. The summed E-state index contributed by atoms with van der Waals surface area (Å²) in [5.41, 5.74) is 6.79. The maximum absolute atomic E-state index is 5.96. The van der Waals surface area contributed by atoms with Crippen molar-refractivity contribution in [2.24, 2.45) is 5.73 Å². The second-order valence-electron chi connectivity index (χ2n) is 4.33. The second-order valence-corrected chi connectivity index (χ2v) is 4.77. The summed E-state index contributed by atoms with van der Waals surface area (Å²) in [6, 6.07) is 6.96. The van der Waals surface area contributed by atoms with E-state index in [0.717, 1.165) is 5.56 Å². The molecule has 0 saturated carbocycles. The number of benzene rings is 1.